The molecule has 0 aromatic heterocycles. The smallest absolute Gasteiger partial charge is 0.122 e. The van der Waals surface area contributed by atoms with E-state index in [0.717, 1.165) is 23.7 Å². The molecule has 0 aliphatic carbocycles. The van der Waals surface area contributed by atoms with Gasteiger partial charge in [0.15, 0.2) is 0 Å². The van der Waals surface area contributed by atoms with Crippen molar-refractivity contribution in [1.82, 2.24) is 5.32 Å². The summed E-state index contributed by atoms with van der Waals surface area (Å²) in [6, 6.07) is 6.52. The zero-order valence-electron chi connectivity index (χ0n) is 11.6. The Balaban J connectivity index is 2.05. The van der Waals surface area contributed by atoms with Crippen molar-refractivity contribution >= 4 is 23.4 Å². The zero-order valence-corrected chi connectivity index (χ0v) is 13.2. The molecular formula is C15H22ClNOS. The van der Waals surface area contributed by atoms with E-state index in [0.29, 0.717) is 12.0 Å². The van der Waals surface area contributed by atoms with Crippen LogP contribution in [0.15, 0.2) is 18.2 Å². The van der Waals surface area contributed by atoms with E-state index < -0.39 is 0 Å². The summed E-state index contributed by atoms with van der Waals surface area (Å²) in [6.07, 6.45) is 2.23. The van der Waals surface area contributed by atoms with Crippen LogP contribution >= 0.6 is 23.4 Å². The average molecular weight is 300 g/mol. The standard InChI is InChI=1S/C15H22ClNOS/c1-3-6-17-14-10-19-9-12(14)7-11-8-13(16)4-5-15(11)18-2/h4-5,8,12,14,17H,3,6-7,9-10H2,1-2H3. The molecule has 0 radical (unpaired) electrons. The zero-order chi connectivity index (χ0) is 13.7. The highest BCUT2D eigenvalue weighted by atomic mass is 35.5. The van der Waals surface area contributed by atoms with Gasteiger partial charge >= 0.3 is 0 Å². The van der Waals surface area contributed by atoms with Crippen LogP contribution in [-0.2, 0) is 6.42 Å². The monoisotopic (exact) mass is 299 g/mol. The molecule has 1 heterocycles. The van der Waals surface area contributed by atoms with Gasteiger partial charge < -0.3 is 10.1 Å². The van der Waals surface area contributed by atoms with E-state index in [4.69, 9.17) is 16.3 Å². The first-order chi connectivity index (χ1) is 9.24. The molecule has 0 bridgehead atoms. The summed E-state index contributed by atoms with van der Waals surface area (Å²) in [4.78, 5) is 0. The summed E-state index contributed by atoms with van der Waals surface area (Å²) >= 11 is 8.14. The Morgan fingerprint density at radius 1 is 1.42 bits per heavy atom. The van der Waals surface area contributed by atoms with Crippen molar-refractivity contribution in [2.75, 3.05) is 25.2 Å². The van der Waals surface area contributed by atoms with Crippen molar-refractivity contribution in [3.8, 4) is 5.75 Å². The van der Waals surface area contributed by atoms with Crippen molar-refractivity contribution < 1.29 is 4.74 Å². The van der Waals surface area contributed by atoms with Gasteiger partial charge in [0.1, 0.15) is 5.75 Å². The summed E-state index contributed by atoms with van der Waals surface area (Å²) in [5.41, 5.74) is 1.23. The van der Waals surface area contributed by atoms with Crippen molar-refractivity contribution in [3.05, 3.63) is 28.8 Å². The van der Waals surface area contributed by atoms with Crippen LogP contribution in [0.2, 0.25) is 5.02 Å². The third-order valence-corrected chi connectivity index (χ3v) is 5.07. The molecule has 1 N–H and O–H groups in total. The van der Waals surface area contributed by atoms with Crippen LogP contribution in [0.5, 0.6) is 5.75 Å². The minimum Gasteiger partial charge on any atom is -0.496 e. The predicted octanol–water partition coefficient (Wildman–Crippen LogP) is 3.62. The summed E-state index contributed by atoms with van der Waals surface area (Å²) in [5, 5.41) is 4.45. The van der Waals surface area contributed by atoms with Gasteiger partial charge in [-0.1, -0.05) is 18.5 Å². The van der Waals surface area contributed by atoms with Gasteiger partial charge in [-0.3, -0.25) is 0 Å². The third-order valence-electron chi connectivity index (χ3n) is 3.58. The van der Waals surface area contributed by atoms with Crippen LogP contribution in [0.4, 0.5) is 0 Å². The van der Waals surface area contributed by atoms with Gasteiger partial charge in [-0.05, 0) is 54.8 Å². The van der Waals surface area contributed by atoms with E-state index in [-0.39, 0.29) is 0 Å². The number of ether oxygens (including phenoxy) is 1. The molecule has 19 heavy (non-hydrogen) atoms. The van der Waals surface area contributed by atoms with E-state index in [1.807, 2.05) is 30.0 Å². The maximum absolute atomic E-state index is 6.10. The fourth-order valence-corrected chi connectivity index (χ4v) is 4.17. The molecule has 0 amide bonds. The van der Waals surface area contributed by atoms with Crippen LogP contribution in [0, 0.1) is 5.92 Å². The second-order valence-electron chi connectivity index (χ2n) is 5.02. The summed E-state index contributed by atoms with van der Waals surface area (Å²) in [6.45, 7) is 3.32. The van der Waals surface area contributed by atoms with Gasteiger partial charge in [0, 0.05) is 16.8 Å². The number of hydrogen-bond donors (Lipinski definition) is 1. The Hall–Kier alpha value is -0.380. The number of benzene rings is 1. The van der Waals surface area contributed by atoms with Gasteiger partial charge in [-0.25, -0.2) is 0 Å². The fraction of sp³-hybridized carbons (Fsp3) is 0.600. The lowest BCUT2D eigenvalue weighted by Gasteiger charge is -2.21. The maximum atomic E-state index is 6.10. The normalized spacial score (nSPS) is 22.7. The Bertz CT molecular complexity index is 413. The molecule has 0 saturated carbocycles. The summed E-state index contributed by atoms with van der Waals surface area (Å²) in [7, 11) is 1.73. The molecule has 2 nitrogen and oxygen atoms in total. The van der Waals surface area contributed by atoms with Crippen LogP contribution in [0.3, 0.4) is 0 Å². The lowest BCUT2D eigenvalue weighted by molar-refractivity contribution is 0.392. The second kappa shape index (κ2) is 7.41. The van der Waals surface area contributed by atoms with Crippen LogP contribution in [0.1, 0.15) is 18.9 Å². The van der Waals surface area contributed by atoms with Crippen LogP contribution < -0.4 is 10.1 Å². The van der Waals surface area contributed by atoms with Crippen LogP contribution in [-0.4, -0.2) is 31.2 Å². The molecule has 2 unspecified atom stereocenters. The molecule has 1 aliphatic heterocycles. The number of hydrogen-bond acceptors (Lipinski definition) is 3. The van der Waals surface area contributed by atoms with Crippen molar-refractivity contribution in [2.45, 2.75) is 25.8 Å². The SMILES string of the molecule is CCCNC1CSCC1Cc1cc(Cl)ccc1OC. The first-order valence-electron chi connectivity index (χ1n) is 6.88. The Morgan fingerprint density at radius 2 is 2.26 bits per heavy atom. The lowest BCUT2D eigenvalue weighted by atomic mass is 9.94. The molecule has 1 aromatic carbocycles. The van der Waals surface area contributed by atoms with Gasteiger partial charge in [0.05, 0.1) is 7.11 Å². The maximum Gasteiger partial charge on any atom is 0.122 e. The minimum absolute atomic E-state index is 0.619. The Kier molecular flexibility index (Phi) is 5.86. The van der Waals surface area contributed by atoms with Crippen molar-refractivity contribution in [2.24, 2.45) is 5.92 Å². The largest absolute Gasteiger partial charge is 0.496 e. The average Bonchev–Trinajstić information content (AvgIpc) is 2.84. The first kappa shape index (κ1) is 15.0. The number of rotatable bonds is 6. The van der Waals surface area contributed by atoms with Gasteiger partial charge in [0.25, 0.3) is 0 Å². The predicted molar refractivity (Wildman–Crippen MR) is 84.6 cm³/mol. The number of methoxy groups -OCH3 is 1. The topological polar surface area (TPSA) is 21.3 Å². The summed E-state index contributed by atoms with van der Waals surface area (Å²) in [5.74, 6) is 4.06. The lowest BCUT2D eigenvalue weighted by Crippen LogP contribution is -2.36. The van der Waals surface area contributed by atoms with E-state index in [9.17, 15) is 0 Å². The quantitative estimate of drug-likeness (QED) is 0.867. The molecule has 2 atom stereocenters. The van der Waals surface area contributed by atoms with Crippen molar-refractivity contribution in [1.29, 1.82) is 0 Å². The third kappa shape index (κ3) is 4.04. The van der Waals surface area contributed by atoms with E-state index in [1.54, 1.807) is 7.11 Å². The van der Waals surface area contributed by atoms with Crippen LogP contribution in [0.25, 0.3) is 0 Å². The molecule has 1 saturated heterocycles. The van der Waals surface area contributed by atoms with Crippen molar-refractivity contribution in [3.63, 3.8) is 0 Å². The first-order valence-corrected chi connectivity index (χ1v) is 8.41. The highest BCUT2D eigenvalue weighted by Crippen LogP contribution is 2.31. The number of thioether (sulfide) groups is 1. The highest BCUT2D eigenvalue weighted by Gasteiger charge is 2.28. The molecule has 1 aliphatic rings. The molecule has 0 spiro atoms. The molecular weight excluding hydrogens is 278 g/mol. The second-order valence-corrected chi connectivity index (χ2v) is 6.53. The molecule has 1 fully saturated rings. The number of halogens is 1. The van der Waals surface area contributed by atoms with E-state index in [2.05, 4.69) is 12.2 Å². The van der Waals surface area contributed by atoms with Gasteiger partial charge in [-0.2, -0.15) is 11.8 Å². The Labute approximate surface area is 125 Å². The molecule has 1 aromatic rings. The van der Waals surface area contributed by atoms with E-state index >= 15 is 0 Å². The fourth-order valence-electron chi connectivity index (χ4n) is 2.54. The molecule has 106 valence electrons. The Morgan fingerprint density at radius 3 is 3.00 bits per heavy atom. The highest BCUT2D eigenvalue weighted by molar-refractivity contribution is 7.99. The minimum atomic E-state index is 0.619. The van der Waals surface area contributed by atoms with Gasteiger partial charge in [0.2, 0.25) is 0 Å². The number of nitrogens with one attached hydrogen (secondary N) is 1. The molecule has 2 rings (SSSR count). The summed E-state index contributed by atoms with van der Waals surface area (Å²) < 4.78 is 5.44. The van der Waals surface area contributed by atoms with Gasteiger partial charge in [-0.15, -0.1) is 0 Å². The van der Waals surface area contributed by atoms with E-state index in [1.165, 1.54) is 23.5 Å². The molecule has 4 heteroatoms.